The lowest BCUT2D eigenvalue weighted by atomic mass is 10.2. The molecule has 90 valence electrons. The summed E-state index contributed by atoms with van der Waals surface area (Å²) in [5.74, 6) is 0.606. The van der Waals surface area contributed by atoms with Gasteiger partial charge in [0.1, 0.15) is 0 Å². The maximum absolute atomic E-state index is 9.22. The molecule has 0 spiro atoms. The van der Waals surface area contributed by atoms with Gasteiger partial charge in [-0.3, -0.25) is 0 Å². The number of aliphatic hydroxyl groups excluding tert-OH is 2. The molecular weight excluding hydrogens is 297 g/mol. The Bertz CT molecular complexity index is 362. The third-order valence-corrected chi connectivity index (χ3v) is 2.76. The van der Waals surface area contributed by atoms with Gasteiger partial charge in [-0.2, -0.15) is 0 Å². The molecular formula is C10H13BrClNO3. The van der Waals surface area contributed by atoms with Crippen molar-refractivity contribution in [2.45, 2.75) is 6.10 Å². The summed E-state index contributed by atoms with van der Waals surface area (Å²) in [6, 6.07) is 3.41. The molecule has 0 radical (unpaired) electrons. The summed E-state index contributed by atoms with van der Waals surface area (Å²) in [6.45, 7) is -0.0727. The molecule has 0 aliphatic heterocycles. The molecule has 4 nitrogen and oxygen atoms in total. The fourth-order valence-corrected chi connectivity index (χ4v) is 2.16. The van der Waals surface area contributed by atoms with Crippen LogP contribution >= 0.6 is 27.5 Å². The normalized spacial score (nSPS) is 12.3. The fraction of sp³-hybridized carbons (Fsp3) is 0.400. The van der Waals surface area contributed by atoms with E-state index in [4.69, 9.17) is 21.4 Å². The Kier molecular flexibility index (Phi) is 5.34. The first-order chi connectivity index (χ1) is 7.58. The van der Waals surface area contributed by atoms with E-state index in [0.29, 0.717) is 16.5 Å². The molecule has 1 rings (SSSR count). The molecule has 16 heavy (non-hydrogen) atoms. The van der Waals surface area contributed by atoms with Crippen molar-refractivity contribution in [3.05, 3.63) is 21.6 Å². The van der Waals surface area contributed by atoms with E-state index in [0.717, 1.165) is 4.47 Å². The van der Waals surface area contributed by atoms with Gasteiger partial charge >= 0.3 is 0 Å². The number of aliphatic hydroxyl groups is 2. The Balaban J connectivity index is 2.85. The topological polar surface area (TPSA) is 61.7 Å². The van der Waals surface area contributed by atoms with Crippen LogP contribution in [0.2, 0.25) is 5.02 Å². The van der Waals surface area contributed by atoms with E-state index in [-0.39, 0.29) is 13.2 Å². The van der Waals surface area contributed by atoms with Crippen LogP contribution in [0, 0.1) is 0 Å². The van der Waals surface area contributed by atoms with E-state index in [9.17, 15) is 5.11 Å². The molecule has 0 saturated heterocycles. The van der Waals surface area contributed by atoms with Crippen molar-refractivity contribution in [3.63, 3.8) is 0 Å². The molecule has 1 unspecified atom stereocenters. The fourth-order valence-electron chi connectivity index (χ4n) is 1.19. The number of hydrogen-bond acceptors (Lipinski definition) is 4. The summed E-state index contributed by atoms with van der Waals surface area (Å²) in [4.78, 5) is 0. The van der Waals surface area contributed by atoms with Crippen molar-refractivity contribution in [2.75, 3.05) is 25.6 Å². The average Bonchev–Trinajstić information content (AvgIpc) is 2.25. The molecule has 0 heterocycles. The van der Waals surface area contributed by atoms with Gasteiger partial charge in [-0.25, -0.2) is 0 Å². The maximum Gasteiger partial charge on any atom is 0.156 e. The van der Waals surface area contributed by atoms with Gasteiger partial charge < -0.3 is 20.3 Å². The Morgan fingerprint density at radius 2 is 2.25 bits per heavy atom. The third-order valence-electron chi connectivity index (χ3n) is 1.95. The molecule has 0 aromatic heterocycles. The zero-order chi connectivity index (χ0) is 12.1. The molecule has 0 aliphatic rings. The number of rotatable bonds is 5. The van der Waals surface area contributed by atoms with E-state index < -0.39 is 6.10 Å². The second-order valence-corrected chi connectivity index (χ2v) is 4.48. The average molecular weight is 311 g/mol. The molecule has 1 aromatic rings. The Hall–Kier alpha value is -0.490. The number of ether oxygens (including phenoxy) is 1. The van der Waals surface area contributed by atoms with Gasteiger partial charge in [-0.1, -0.05) is 11.6 Å². The zero-order valence-electron chi connectivity index (χ0n) is 8.70. The molecule has 0 fully saturated rings. The number of benzene rings is 1. The number of nitrogens with one attached hydrogen (secondary N) is 1. The van der Waals surface area contributed by atoms with Crippen molar-refractivity contribution in [3.8, 4) is 5.75 Å². The smallest absolute Gasteiger partial charge is 0.156 e. The molecule has 0 aliphatic carbocycles. The largest absolute Gasteiger partial charge is 0.493 e. The van der Waals surface area contributed by atoms with Gasteiger partial charge in [0.15, 0.2) is 5.75 Å². The summed E-state index contributed by atoms with van der Waals surface area (Å²) in [5, 5.41) is 21.4. The van der Waals surface area contributed by atoms with Crippen LogP contribution in [0.3, 0.4) is 0 Å². The van der Waals surface area contributed by atoms with E-state index in [1.54, 1.807) is 19.2 Å². The number of hydrogen-bond donors (Lipinski definition) is 3. The molecule has 1 aromatic carbocycles. The molecule has 0 bridgehead atoms. The minimum Gasteiger partial charge on any atom is -0.493 e. The van der Waals surface area contributed by atoms with Gasteiger partial charge in [0, 0.05) is 11.6 Å². The maximum atomic E-state index is 9.22. The van der Waals surface area contributed by atoms with Gasteiger partial charge in [-0.15, -0.1) is 0 Å². The predicted molar refractivity (Wildman–Crippen MR) is 67.3 cm³/mol. The molecule has 3 N–H and O–H groups in total. The van der Waals surface area contributed by atoms with Crippen LogP contribution in [-0.2, 0) is 0 Å². The van der Waals surface area contributed by atoms with Crippen molar-refractivity contribution in [1.82, 2.24) is 0 Å². The minimum atomic E-state index is -0.817. The summed E-state index contributed by atoms with van der Waals surface area (Å²) in [6.07, 6.45) is -0.817. The van der Waals surface area contributed by atoms with Crippen LogP contribution in [0.4, 0.5) is 5.69 Å². The lowest BCUT2D eigenvalue weighted by molar-refractivity contribution is 0.105. The number of halogens is 2. The second kappa shape index (κ2) is 6.30. The van der Waals surface area contributed by atoms with Gasteiger partial charge in [-0.05, 0) is 28.1 Å². The Morgan fingerprint density at radius 1 is 1.56 bits per heavy atom. The van der Waals surface area contributed by atoms with Crippen LogP contribution in [0.15, 0.2) is 16.6 Å². The molecule has 0 amide bonds. The lowest BCUT2D eigenvalue weighted by Crippen LogP contribution is -2.23. The summed E-state index contributed by atoms with van der Waals surface area (Å²) in [5.41, 5.74) is 0.661. The quantitative estimate of drug-likeness (QED) is 0.777. The highest BCUT2D eigenvalue weighted by Gasteiger charge is 2.10. The molecule has 1 atom stereocenters. The summed E-state index contributed by atoms with van der Waals surface area (Å²) < 4.78 is 5.91. The number of methoxy groups -OCH3 is 1. The minimum absolute atomic E-state index is 0.222. The van der Waals surface area contributed by atoms with Gasteiger partial charge in [0.05, 0.1) is 30.0 Å². The second-order valence-electron chi connectivity index (χ2n) is 3.19. The predicted octanol–water partition coefficient (Wildman–Crippen LogP) is 1.88. The highest BCUT2D eigenvalue weighted by atomic mass is 79.9. The monoisotopic (exact) mass is 309 g/mol. The SMILES string of the molecule is COc1c(Br)cc(Cl)cc1NCC(O)CO. The zero-order valence-corrected chi connectivity index (χ0v) is 11.0. The van der Waals surface area contributed by atoms with E-state index >= 15 is 0 Å². The number of anilines is 1. The Labute approximate surface area is 107 Å². The van der Waals surface area contributed by atoms with Gasteiger partial charge in [0.2, 0.25) is 0 Å². The summed E-state index contributed by atoms with van der Waals surface area (Å²) >= 11 is 9.21. The molecule has 6 heteroatoms. The standard InChI is InChI=1S/C10H13BrClNO3/c1-16-10-8(11)2-6(12)3-9(10)13-4-7(15)5-14/h2-3,7,13-15H,4-5H2,1H3. The van der Waals surface area contributed by atoms with Crippen molar-refractivity contribution in [2.24, 2.45) is 0 Å². The Morgan fingerprint density at radius 3 is 2.81 bits per heavy atom. The van der Waals surface area contributed by atoms with Crippen LogP contribution in [0.1, 0.15) is 0 Å². The highest BCUT2D eigenvalue weighted by molar-refractivity contribution is 9.10. The van der Waals surface area contributed by atoms with Crippen LogP contribution in [0.25, 0.3) is 0 Å². The van der Waals surface area contributed by atoms with Crippen LogP contribution < -0.4 is 10.1 Å². The van der Waals surface area contributed by atoms with Gasteiger partial charge in [0.25, 0.3) is 0 Å². The van der Waals surface area contributed by atoms with E-state index in [1.165, 1.54) is 0 Å². The van der Waals surface area contributed by atoms with Crippen LogP contribution in [0.5, 0.6) is 5.75 Å². The van der Waals surface area contributed by atoms with Crippen LogP contribution in [-0.4, -0.2) is 36.6 Å². The van der Waals surface area contributed by atoms with Crippen molar-refractivity contribution in [1.29, 1.82) is 0 Å². The molecule has 0 saturated carbocycles. The lowest BCUT2D eigenvalue weighted by Gasteiger charge is -2.15. The highest BCUT2D eigenvalue weighted by Crippen LogP contribution is 2.36. The summed E-state index contributed by atoms with van der Waals surface area (Å²) in [7, 11) is 1.54. The van der Waals surface area contributed by atoms with Crippen molar-refractivity contribution >= 4 is 33.2 Å². The van der Waals surface area contributed by atoms with E-state index in [2.05, 4.69) is 21.2 Å². The first kappa shape index (κ1) is 13.6. The van der Waals surface area contributed by atoms with E-state index in [1.807, 2.05) is 0 Å². The van der Waals surface area contributed by atoms with Crippen molar-refractivity contribution < 1.29 is 14.9 Å². The third kappa shape index (κ3) is 3.52. The first-order valence-corrected chi connectivity index (χ1v) is 5.81. The first-order valence-electron chi connectivity index (χ1n) is 4.64.